The van der Waals surface area contributed by atoms with Gasteiger partial charge in [-0.05, 0) is 43.1 Å². The predicted molar refractivity (Wildman–Crippen MR) is 104 cm³/mol. The fourth-order valence-corrected chi connectivity index (χ4v) is 3.91. The van der Waals surface area contributed by atoms with Crippen molar-refractivity contribution in [2.75, 3.05) is 13.1 Å². The van der Waals surface area contributed by atoms with Gasteiger partial charge in [0.05, 0.1) is 6.20 Å². The van der Waals surface area contributed by atoms with E-state index in [1.165, 1.54) is 5.69 Å². The van der Waals surface area contributed by atoms with Crippen molar-refractivity contribution >= 4 is 11.6 Å². The first-order chi connectivity index (χ1) is 12.7. The molecular weight excluding hydrogens is 346 g/mol. The maximum absolute atomic E-state index is 10.1. The second-order valence-electron chi connectivity index (χ2n) is 6.91. The van der Waals surface area contributed by atoms with Crippen LogP contribution in [0.2, 0.25) is 5.02 Å². The zero-order valence-electron chi connectivity index (χ0n) is 14.5. The van der Waals surface area contributed by atoms with Gasteiger partial charge in [-0.2, -0.15) is 5.10 Å². The minimum absolute atomic E-state index is 0.373. The molecule has 0 amide bonds. The number of aromatic amines is 1. The first-order valence-electron chi connectivity index (χ1n) is 8.99. The van der Waals surface area contributed by atoms with Crippen molar-refractivity contribution < 1.29 is 5.11 Å². The number of H-pyrrole nitrogens is 1. The summed E-state index contributed by atoms with van der Waals surface area (Å²) in [6.45, 7) is 2.78. The molecule has 2 heterocycles. The Morgan fingerprint density at radius 3 is 2.77 bits per heavy atom. The van der Waals surface area contributed by atoms with E-state index in [2.05, 4.69) is 15.1 Å². The second kappa shape index (κ2) is 7.52. The standard InChI is InChI=1S/C21H22ClN3O/c22-18-9-7-15(8-10-18)19-12-23-24-21(19)17-5-3-11-25(14-17)13-16-4-1-2-6-20(16)26/h1-2,4,6-10,12,17,26H,3,5,11,13-14H2,(H,23,24)/t17-/m1/s1. The van der Waals surface area contributed by atoms with Crippen LogP contribution in [0.4, 0.5) is 0 Å². The fraction of sp³-hybridized carbons (Fsp3) is 0.286. The summed E-state index contributed by atoms with van der Waals surface area (Å²) >= 11 is 6.02. The summed E-state index contributed by atoms with van der Waals surface area (Å²) in [5.74, 6) is 0.779. The molecular formula is C21H22ClN3O. The van der Waals surface area contributed by atoms with Crippen LogP contribution < -0.4 is 0 Å². The molecule has 4 rings (SSSR count). The largest absolute Gasteiger partial charge is 0.508 e. The Morgan fingerprint density at radius 1 is 1.15 bits per heavy atom. The Labute approximate surface area is 158 Å². The van der Waals surface area contributed by atoms with Gasteiger partial charge in [0.2, 0.25) is 0 Å². The number of aromatic hydroxyl groups is 1. The molecule has 1 fully saturated rings. The highest BCUT2D eigenvalue weighted by Crippen LogP contribution is 2.34. The number of rotatable bonds is 4. The van der Waals surface area contributed by atoms with E-state index in [4.69, 9.17) is 11.6 Å². The molecule has 0 bridgehead atoms. The van der Waals surface area contributed by atoms with Gasteiger partial charge in [-0.15, -0.1) is 0 Å². The smallest absolute Gasteiger partial charge is 0.120 e. The second-order valence-corrected chi connectivity index (χ2v) is 7.34. The molecule has 1 atom stereocenters. The summed E-state index contributed by atoms with van der Waals surface area (Å²) in [5, 5.41) is 18.3. The van der Waals surface area contributed by atoms with Crippen molar-refractivity contribution in [3.05, 3.63) is 71.0 Å². The van der Waals surface area contributed by atoms with Crippen molar-refractivity contribution in [3.8, 4) is 16.9 Å². The molecule has 2 aromatic carbocycles. The zero-order chi connectivity index (χ0) is 17.9. The van der Waals surface area contributed by atoms with Crippen LogP contribution in [0.5, 0.6) is 5.75 Å². The van der Waals surface area contributed by atoms with Gasteiger partial charge in [-0.3, -0.25) is 10.00 Å². The lowest BCUT2D eigenvalue weighted by atomic mass is 9.90. The minimum Gasteiger partial charge on any atom is -0.508 e. The average Bonchev–Trinajstić information content (AvgIpc) is 3.14. The zero-order valence-corrected chi connectivity index (χ0v) is 15.3. The number of benzene rings is 2. The van der Waals surface area contributed by atoms with Gasteiger partial charge in [0.25, 0.3) is 0 Å². The number of piperidine rings is 1. The minimum atomic E-state index is 0.373. The molecule has 0 unspecified atom stereocenters. The highest BCUT2D eigenvalue weighted by Gasteiger charge is 2.25. The lowest BCUT2D eigenvalue weighted by molar-refractivity contribution is 0.197. The van der Waals surface area contributed by atoms with Crippen LogP contribution in [0.15, 0.2) is 54.7 Å². The maximum Gasteiger partial charge on any atom is 0.120 e. The topological polar surface area (TPSA) is 52.1 Å². The van der Waals surface area contributed by atoms with Gasteiger partial charge in [0.1, 0.15) is 5.75 Å². The SMILES string of the molecule is Oc1ccccc1CN1CCC[C@@H](c2[nH]ncc2-c2ccc(Cl)cc2)C1. The van der Waals surface area contributed by atoms with Gasteiger partial charge in [-0.25, -0.2) is 0 Å². The van der Waals surface area contributed by atoms with Crippen molar-refractivity contribution in [2.24, 2.45) is 0 Å². The number of nitrogens with zero attached hydrogens (tertiary/aromatic N) is 2. The van der Waals surface area contributed by atoms with Gasteiger partial charge in [0, 0.05) is 40.9 Å². The first-order valence-corrected chi connectivity index (χ1v) is 9.37. The number of nitrogens with one attached hydrogen (secondary N) is 1. The molecule has 0 spiro atoms. The molecule has 1 aliphatic rings. The van der Waals surface area contributed by atoms with E-state index < -0.39 is 0 Å². The Balaban J connectivity index is 1.53. The summed E-state index contributed by atoms with van der Waals surface area (Å²) in [5.41, 5.74) is 4.46. The Bertz CT molecular complexity index is 875. The van der Waals surface area contributed by atoms with Crippen LogP contribution in [0.25, 0.3) is 11.1 Å². The summed E-state index contributed by atoms with van der Waals surface area (Å²) < 4.78 is 0. The van der Waals surface area contributed by atoms with Gasteiger partial charge >= 0.3 is 0 Å². The number of phenols is 1. The van der Waals surface area contributed by atoms with Gasteiger partial charge < -0.3 is 5.11 Å². The normalized spacial score (nSPS) is 18.1. The first kappa shape index (κ1) is 17.1. The molecule has 2 N–H and O–H groups in total. The number of phenolic OH excluding ortho intramolecular Hbond substituents is 1. The molecule has 1 saturated heterocycles. The molecule has 0 radical (unpaired) electrons. The summed E-state index contributed by atoms with van der Waals surface area (Å²) in [7, 11) is 0. The predicted octanol–water partition coefficient (Wildman–Crippen LogP) is 4.82. The molecule has 3 aromatic rings. The molecule has 1 aromatic heterocycles. The molecule has 0 saturated carbocycles. The lowest BCUT2D eigenvalue weighted by Gasteiger charge is -2.32. The number of hydrogen-bond donors (Lipinski definition) is 2. The fourth-order valence-electron chi connectivity index (χ4n) is 3.79. The van der Waals surface area contributed by atoms with Crippen molar-refractivity contribution in [3.63, 3.8) is 0 Å². The number of para-hydroxylation sites is 1. The van der Waals surface area contributed by atoms with E-state index in [0.29, 0.717) is 11.7 Å². The van der Waals surface area contributed by atoms with Gasteiger partial charge in [0.15, 0.2) is 0 Å². The molecule has 1 aliphatic heterocycles. The van der Waals surface area contributed by atoms with Crippen molar-refractivity contribution in [2.45, 2.75) is 25.3 Å². The highest BCUT2D eigenvalue weighted by molar-refractivity contribution is 6.30. The summed E-state index contributed by atoms with van der Waals surface area (Å²) in [4.78, 5) is 2.41. The number of aromatic nitrogens is 2. The number of likely N-dealkylation sites (tertiary alicyclic amines) is 1. The van der Waals surface area contributed by atoms with E-state index >= 15 is 0 Å². The van der Waals surface area contributed by atoms with E-state index in [9.17, 15) is 5.11 Å². The van der Waals surface area contributed by atoms with Crippen LogP contribution in [0.3, 0.4) is 0 Å². The Kier molecular flexibility index (Phi) is 4.96. The van der Waals surface area contributed by atoms with Crippen molar-refractivity contribution in [1.29, 1.82) is 0 Å². The van der Waals surface area contributed by atoms with Crippen LogP contribution in [0.1, 0.15) is 30.0 Å². The third-order valence-corrected chi connectivity index (χ3v) is 5.38. The van der Waals surface area contributed by atoms with E-state index in [1.807, 2.05) is 48.7 Å². The quantitative estimate of drug-likeness (QED) is 0.695. The van der Waals surface area contributed by atoms with E-state index in [0.717, 1.165) is 54.2 Å². The van der Waals surface area contributed by atoms with E-state index in [-0.39, 0.29) is 0 Å². The lowest BCUT2D eigenvalue weighted by Crippen LogP contribution is -2.34. The number of halogens is 1. The monoisotopic (exact) mass is 367 g/mol. The van der Waals surface area contributed by atoms with E-state index in [1.54, 1.807) is 6.07 Å². The Hall–Kier alpha value is -2.30. The molecule has 0 aliphatic carbocycles. The molecule has 4 nitrogen and oxygen atoms in total. The highest BCUT2D eigenvalue weighted by atomic mass is 35.5. The third kappa shape index (κ3) is 3.62. The summed E-state index contributed by atoms with van der Waals surface area (Å²) in [6.07, 6.45) is 4.18. The maximum atomic E-state index is 10.1. The van der Waals surface area contributed by atoms with Crippen LogP contribution >= 0.6 is 11.6 Å². The number of hydrogen-bond acceptors (Lipinski definition) is 3. The summed E-state index contributed by atoms with van der Waals surface area (Å²) in [6, 6.07) is 15.5. The molecule has 26 heavy (non-hydrogen) atoms. The van der Waals surface area contributed by atoms with Crippen LogP contribution in [-0.4, -0.2) is 33.3 Å². The Morgan fingerprint density at radius 2 is 1.96 bits per heavy atom. The molecule has 5 heteroatoms. The van der Waals surface area contributed by atoms with Gasteiger partial charge in [-0.1, -0.05) is 41.9 Å². The van der Waals surface area contributed by atoms with Crippen molar-refractivity contribution in [1.82, 2.24) is 15.1 Å². The van der Waals surface area contributed by atoms with Crippen LogP contribution in [0, 0.1) is 0 Å². The average molecular weight is 368 g/mol. The third-order valence-electron chi connectivity index (χ3n) is 5.12. The van der Waals surface area contributed by atoms with Crippen LogP contribution in [-0.2, 0) is 6.54 Å². The molecule has 134 valence electrons.